The van der Waals surface area contributed by atoms with Gasteiger partial charge in [-0.05, 0) is 31.5 Å². The summed E-state index contributed by atoms with van der Waals surface area (Å²) in [5, 5.41) is 3.40. The molecule has 0 amide bonds. The average molecular weight is 250 g/mol. The summed E-state index contributed by atoms with van der Waals surface area (Å²) in [6.07, 6.45) is 1.18. The lowest BCUT2D eigenvalue weighted by Crippen LogP contribution is -2.33. The Labute approximate surface area is 109 Å². The van der Waals surface area contributed by atoms with Crippen LogP contribution in [0, 0.1) is 6.92 Å². The molecule has 0 aromatic heterocycles. The van der Waals surface area contributed by atoms with Crippen LogP contribution < -0.4 is 19.7 Å². The van der Waals surface area contributed by atoms with Gasteiger partial charge in [0.05, 0.1) is 14.2 Å². The number of benzene rings is 1. The molecule has 1 saturated heterocycles. The molecular formula is C14H22N2O2. The van der Waals surface area contributed by atoms with E-state index in [1.54, 1.807) is 14.2 Å². The Morgan fingerprint density at radius 1 is 1.22 bits per heavy atom. The number of ether oxygens (including phenoxy) is 2. The molecule has 100 valence electrons. The van der Waals surface area contributed by atoms with Crippen molar-refractivity contribution >= 4 is 5.69 Å². The summed E-state index contributed by atoms with van der Waals surface area (Å²) in [4.78, 5) is 2.33. The molecule has 1 aromatic rings. The van der Waals surface area contributed by atoms with Crippen LogP contribution in [-0.4, -0.2) is 40.4 Å². The first-order valence-corrected chi connectivity index (χ1v) is 6.33. The maximum absolute atomic E-state index is 5.38. The molecule has 0 spiro atoms. The van der Waals surface area contributed by atoms with Crippen molar-refractivity contribution in [2.75, 3.05) is 39.3 Å². The molecule has 1 heterocycles. The number of nitrogens with zero attached hydrogens (tertiary/aromatic N) is 1. The molecule has 0 bridgehead atoms. The molecule has 1 atom stereocenters. The van der Waals surface area contributed by atoms with Crippen molar-refractivity contribution in [3.63, 3.8) is 0 Å². The monoisotopic (exact) mass is 250 g/mol. The Bertz CT molecular complexity index is 415. The summed E-state index contributed by atoms with van der Waals surface area (Å²) in [5.41, 5.74) is 2.42. The lowest BCUT2D eigenvalue weighted by molar-refractivity contribution is 0.354. The molecule has 0 radical (unpaired) electrons. The van der Waals surface area contributed by atoms with Gasteiger partial charge in [0.15, 0.2) is 11.5 Å². The van der Waals surface area contributed by atoms with Gasteiger partial charge in [-0.3, -0.25) is 0 Å². The Morgan fingerprint density at radius 3 is 2.44 bits per heavy atom. The molecular weight excluding hydrogens is 228 g/mol. The Morgan fingerprint density at radius 2 is 1.89 bits per heavy atom. The predicted molar refractivity (Wildman–Crippen MR) is 74.0 cm³/mol. The second-order valence-corrected chi connectivity index (χ2v) is 4.75. The fourth-order valence-corrected chi connectivity index (χ4v) is 2.52. The smallest absolute Gasteiger partial charge is 0.162 e. The largest absolute Gasteiger partial charge is 0.493 e. The molecule has 1 aliphatic rings. The second-order valence-electron chi connectivity index (χ2n) is 4.75. The summed E-state index contributed by atoms with van der Waals surface area (Å²) >= 11 is 0. The normalized spacial score (nSPS) is 18.8. The molecule has 18 heavy (non-hydrogen) atoms. The quantitative estimate of drug-likeness (QED) is 0.883. The van der Waals surface area contributed by atoms with Crippen LogP contribution in [0.25, 0.3) is 0 Å². The van der Waals surface area contributed by atoms with E-state index in [0.717, 1.165) is 24.6 Å². The third-order valence-electron chi connectivity index (χ3n) is 3.66. The van der Waals surface area contributed by atoms with Crippen molar-refractivity contribution in [2.24, 2.45) is 0 Å². The highest BCUT2D eigenvalue weighted by molar-refractivity contribution is 5.62. The minimum atomic E-state index is 0.557. The summed E-state index contributed by atoms with van der Waals surface area (Å²) in [6.45, 7) is 4.25. The average Bonchev–Trinajstić information content (AvgIpc) is 2.91. The Balaban J connectivity index is 2.31. The first kappa shape index (κ1) is 13.0. The number of methoxy groups -OCH3 is 2. The summed E-state index contributed by atoms with van der Waals surface area (Å²) in [7, 11) is 5.49. The fraction of sp³-hybridized carbons (Fsp3) is 0.571. The number of hydrogen-bond donors (Lipinski definition) is 1. The zero-order valence-electron chi connectivity index (χ0n) is 11.6. The summed E-state index contributed by atoms with van der Waals surface area (Å²) in [5.74, 6) is 1.58. The highest BCUT2D eigenvalue weighted by atomic mass is 16.5. The van der Waals surface area contributed by atoms with Crippen molar-refractivity contribution in [2.45, 2.75) is 19.4 Å². The van der Waals surface area contributed by atoms with Crippen molar-refractivity contribution in [1.29, 1.82) is 0 Å². The van der Waals surface area contributed by atoms with Crippen LogP contribution >= 0.6 is 0 Å². The van der Waals surface area contributed by atoms with Gasteiger partial charge in [-0.2, -0.15) is 0 Å². The standard InChI is InChI=1S/C14H22N2O2/c1-10-7-13(17-3)14(18-4)8-12(10)16(2)11-5-6-15-9-11/h7-8,11,15H,5-6,9H2,1-4H3. The van der Waals surface area contributed by atoms with E-state index in [1.165, 1.54) is 17.7 Å². The van der Waals surface area contributed by atoms with Crippen molar-refractivity contribution in [3.8, 4) is 11.5 Å². The lowest BCUT2D eigenvalue weighted by atomic mass is 10.1. The van der Waals surface area contributed by atoms with Crippen LogP contribution in [-0.2, 0) is 0 Å². The van der Waals surface area contributed by atoms with Crippen LogP contribution in [0.3, 0.4) is 0 Å². The molecule has 0 saturated carbocycles. The molecule has 1 aliphatic heterocycles. The van der Waals surface area contributed by atoms with E-state index in [-0.39, 0.29) is 0 Å². The zero-order valence-corrected chi connectivity index (χ0v) is 11.6. The SMILES string of the molecule is COc1cc(C)c(N(C)C2CCNC2)cc1OC. The van der Waals surface area contributed by atoms with Crippen LogP contribution in [0.5, 0.6) is 11.5 Å². The van der Waals surface area contributed by atoms with Crippen molar-refractivity contribution < 1.29 is 9.47 Å². The molecule has 1 fully saturated rings. The van der Waals surface area contributed by atoms with E-state index in [9.17, 15) is 0 Å². The van der Waals surface area contributed by atoms with Crippen LogP contribution in [0.15, 0.2) is 12.1 Å². The molecule has 4 nitrogen and oxygen atoms in total. The molecule has 0 aliphatic carbocycles. The molecule has 1 aromatic carbocycles. The van der Waals surface area contributed by atoms with Gasteiger partial charge in [0, 0.05) is 31.4 Å². The van der Waals surface area contributed by atoms with Gasteiger partial charge in [0.25, 0.3) is 0 Å². The fourth-order valence-electron chi connectivity index (χ4n) is 2.52. The highest BCUT2D eigenvalue weighted by Crippen LogP contribution is 2.35. The van der Waals surface area contributed by atoms with Gasteiger partial charge in [-0.15, -0.1) is 0 Å². The minimum absolute atomic E-state index is 0.557. The van der Waals surface area contributed by atoms with Crippen molar-refractivity contribution in [1.82, 2.24) is 5.32 Å². The minimum Gasteiger partial charge on any atom is -0.493 e. The first-order chi connectivity index (χ1) is 8.67. The number of rotatable bonds is 4. The van der Waals surface area contributed by atoms with Crippen LogP contribution in [0.4, 0.5) is 5.69 Å². The third kappa shape index (κ3) is 2.38. The van der Waals surface area contributed by atoms with Gasteiger partial charge >= 0.3 is 0 Å². The number of nitrogens with one attached hydrogen (secondary N) is 1. The molecule has 2 rings (SSSR count). The Kier molecular flexibility index (Phi) is 3.97. The zero-order chi connectivity index (χ0) is 13.1. The maximum atomic E-state index is 5.38. The van der Waals surface area contributed by atoms with E-state index in [2.05, 4.69) is 30.3 Å². The summed E-state index contributed by atoms with van der Waals surface area (Å²) < 4.78 is 10.7. The third-order valence-corrected chi connectivity index (χ3v) is 3.66. The van der Waals surface area contributed by atoms with Crippen molar-refractivity contribution in [3.05, 3.63) is 17.7 Å². The number of aryl methyl sites for hydroxylation is 1. The molecule has 1 unspecified atom stereocenters. The van der Waals surface area contributed by atoms with Gasteiger partial charge in [-0.25, -0.2) is 0 Å². The number of likely N-dealkylation sites (N-methyl/N-ethyl adjacent to an activating group) is 1. The van der Waals surface area contributed by atoms with E-state index in [1.807, 2.05) is 6.07 Å². The topological polar surface area (TPSA) is 33.7 Å². The van der Waals surface area contributed by atoms with Crippen LogP contribution in [0.2, 0.25) is 0 Å². The van der Waals surface area contributed by atoms with Gasteiger partial charge in [-0.1, -0.05) is 0 Å². The number of anilines is 1. The van der Waals surface area contributed by atoms with E-state index < -0.39 is 0 Å². The van der Waals surface area contributed by atoms with E-state index in [4.69, 9.17) is 9.47 Å². The molecule has 4 heteroatoms. The number of hydrogen-bond acceptors (Lipinski definition) is 4. The summed E-state index contributed by atoms with van der Waals surface area (Å²) in [6, 6.07) is 4.65. The Hall–Kier alpha value is -1.42. The van der Waals surface area contributed by atoms with Gasteiger partial charge in [0.2, 0.25) is 0 Å². The van der Waals surface area contributed by atoms with Gasteiger partial charge < -0.3 is 19.7 Å². The maximum Gasteiger partial charge on any atom is 0.162 e. The van der Waals surface area contributed by atoms with Crippen LogP contribution in [0.1, 0.15) is 12.0 Å². The van der Waals surface area contributed by atoms with Gasteiger partial charge in [0.1, 0.15) is 0 Å². The van der Waals surface area contributed by atoms with E-state index in [0.29, 0.717) is 6.04 Å². The first-order valence-electron chi connectivity index (χ1n) is 6.33. The van der Waals surface area contributed by atoms with E-state index >= 15 is 0 Å². The highest BCUT2D eigenvalue weighted by Gasteiger charge is 2.21. The second kappa shape index (κ2) is 5.48. The predicted octanol–water partition coefficient (Wildman–Crippen LogP) is 1.81. The molecule has 1 N–H and O–H groups in total. The lowest BCUT2D eigenvalue weighted by Gasteiger charge is -2.28.